The highest BCUT2D eigenvalue weighted by Gasteiger charge is 2.26. The second kappa shape index (κ2) is 27.2. The average molecular weight is 1000 g/mol. The van der Waals surface area contributed by atoms with Crippen LogP contribution < -0.4 is 19.3 Å². The van der Waals surface area contributed by atoms with E-state index in [0.717, 1.165) is 45.7 Å². The predicted molar refractivity (Wildman–Crippen MR) is 231 cm³/mol. The second-order valence-corrected chi connectivity index (χ2v) is 14.1. The van der Waals surface area contributed by atoms with Crippen LogP contribution >= 0.6 is 0 Å². The molecule has 0 fully saturated rings. The van der Waals surface area contributed by atoms with Gasteiger partial charge in [0.25, 0.3) is 5.89 Å². The summed E-state index contributed by atoms with van der Waals surface area (Å²) in [6.45, 7) is 0.480. The number of aromatic nitrogens is 1. The first-order valence-electron chi connectivity index (χ1n) is 20.6. The van der Waals surface area contributed by atoms with Gasteiger partial charge >= 0.3 is 59.7 Å². The molecule has 0 radical (unpaired) electrons. The minimum atomic E-state index is -1.01. The number of carbonyl (C=O) groups excluding carboxylic acids is 10. The Morgan fingerprint density at radius 1 is 0.493 bits per heavy atom. The van der Waals surface area contributed by atoms with Gasteiger partial charge in [0.15, 0.2) is 5.76 Å². The van der Waals surface area contributed by atoms with E-state index in [0.29, 0.717) is 10.9 Å². The quantitative estimate of drug-likeness (QED) is 0.0358. The number of anilines is 2. The number of esters is 10. The van der Waals surface area contributed by atoms with Crippen LogP contribution in [0.4, 0.5) is 11.4 Å². The van der Waals surface area contributed by atoms with Crippen molar-refractivity contribution in [3.05, 3.63) is 53.9 Å². The Balaban J connectivity index is 1.68. The van der Waals surface area contributed by atoms with Crippen LogP contribution in [0.15, 0.2) is 51.4 Å². The maximum Gasteiger partial charge on any atom is 0.378 e. The van der Waals surface area contributed by atoms with Crippen molar-refractivity contribution in [3.8, 4) is 23.1 Å². The zero-order valence-corrected chi connectivity index (χ0v) is 39.0. The molecule has 0 aliphatic rings. The standard InChI is InChI=1S/C44H47N3O24/c1-25-7-8-32(46(16-39(53)65-20-60-26(2)48)17-40(54)66-21-61-27(3)49)35(11-25)58-9-10-59-36-12-31-13-37(43-45-15-38(71-43)44(57)69-24-64-30(6)52)70-34(31)14-33(36)47(18-41(55)67-22-62-28(4)50)19-42(56)68-23-63-29(5)51/h7-8,11-15H,9-10,16-24H2,1-6H3. The third-order valence-electron chi connectivity index (χ3n) is 8.57. The number of fused-ring (bicyclic) bond motifs is 1. The van der Waals surface area contributed by atoms with E-state index in [1.54, 1.807) is 19.1 Å². The molecule has 0 spiro atoms. The monoisotopic (exact) mass is 1000 g/mol. The number of furan rings is 1. The van der Waals surface area contributed by atoms with E-state index in [9.17, 15) is 47.9 Å². The maximum absolute atomic E-state index is 13.1. The van der Waals surface area contributed by atoms with Crippen LogP contribution in [0.1, 0.15) is 50.7 Å². The summed E-state index contributed by atoms with van der Waals surface area (Å²) in [6.07, 6.45) is 1.04. The lowest BCUT2D eigenvalue weighted by molar-refractivity contribution is -0.167. The maximum atomic E-state index is 13.1. The van der Waals surface area contributed by atoms with Crippen LogP contribution in [0.3, 0.4) is 0 Å². The lowest BCUT2D eigenvalue weighted by Crippen LogP contribution is -2.37. The van der Waals surface area contributed by atoms with Crippen molar-refractivity contribution in [2.75, 3.05) is 83.2 Å². The molecule has 0 saturated carbocycles. The van der Waals surface area contributed by atoms with Gasteiger partial charge in [-0.1, -0.05) is 6.07 Å². The fourth-order valence-electron chi connectivity index (χ4n) is 5.52. The van der Waals surface area contributed by atoms with E-state index in [1.807, 2.05) is 0 Å². The number of ether oxygens (including phenoxy) is 12. The summed E-state index contributed by atoms with van der Waals surface area (Å²) in [7, 11) is 0. The highest BCUT2D eigenvalue weighted by Crippen LogP contribution is 2.38. The topological polar surface area (TPSA) is 327 Å². The summed E-state index contributed by atoms with van der Waals surface area (Å²) in [5.41, 5.74) is 0.938. The molecule has 27 heteroatoms. The minimum Gasteiger partial charge on any atom is -0.488 e. The lowest BCUT2D eigenvalue weighted by atomic mass is 10.2. The summed E-state index contributed by atoms with van der Waals surface area (Å²) < 4.78 is 72.1. The molecule has 0 aliphatic heterocycles. The lowest BCUT2D eigenvalue weighted by Gasteiger charge is -2.26. The van der Waals surface area contributed by atoms with E-state index < -0.39 is 120 Å². The predicted octanol–water partition coefficient (Wildman–Crippen LogP) is 2.40. The molecule has 2 aromatic heterocycles. The van der Waals surface area contributed by atoms with Crippen LogP contribution in [0.2, 0.25) is 0 Å². The van der Waals surface area contributed by atoms with Gasteiger partial charge in [-0.05, 0) is 36.8 Å². The first kappa shape index (κ1) is 54.7. The molecule has 4 aromatic rings. The van der Waals surface area contributed by atoms with Crippen molar-refractivity contribution in [1.82, 2.24) is 4.98 Å². The number of carbonyl (C=O) groups is 10. The molecule has 382 valence electrons. The van der Waals surface area contributed by atoms with Gasteiger partial charge in [0.05, 0.1) is 17.6 Å². The highest BCUT2D eigenvalue weighted by atomic mass is 16.7. The van der Waals surface area contributed by atoms with Gasteiger partial charge in [0.2, 0.25) is 39.7 Å². The van der Waals surface area contributed by atoms with Crippen molar-refractivity contribution >= 4 is 82.0 Å². The third kappa shape index (κ3) is 19.0. The Morgan fingerprint density at radius 3 is 1.37 bits per heavy atom. The van der Waals surface area contributed by atoms with Crippen LogP contribution in [0.5, 0.6) is 11.5 Å². The van der Waals surface area contributed by atoms with Gasteiger partial charge in [0, 0.05) is 46.1 Å². The highest BCUT2D eigenvalue weighted by molar-refractivity contribution is 5.91. The molecule has 0 N–H and O–H groups in total. The smallest absolute Gasteiger partial charge is 0.378 e. The van der Waals surface area contributed by atoms with Crippen LogP contribution in [-0.4, -0.2) is 138 Å². The molecule has 0 unspecified atom stereocenters. The molecule has 0 atom stereocenters. The van der Waals surface area contributed by atoms with Gasteiger partial charge in [-0.2, -0.15) is 0 Å². The second-order valence-electron chi connectivity index (χ2n) is 14.1. The summed E-state index contributed by atoms with van der Waals surface area (Å²) in [6, 6.07) is 9.03. The fraction of sp³-hybridized carbons (Fsp3) is 0.386. The Kier molecular flexibility index (Phi) is 20.9. The zero-order valence-electron chi connectivity index (χ0n) is 39.0. The molecule has 2 aromatic carbocycles. The fourth-order valence-corrected chi connectivity index (χ4v) is 5.52. The number of aryl methyl sites for hydroxylation is 1. The Hall–Kier alpha value is -8.91. The van der Waals surface area contributed by atoms with Gasteiger partial charge < -0.3 is 75.5 Å². The minimum absolute atomic E-state index is 0.00337. The first-order chi connectivity index (χ1) is 33.8. The molecule has 0 amide bonds. The zero-order chi connectivity index (χ0) is 52.0. The number of benzene rings is 2. The van der Waals surface area contributed by atoms with Crippen molar-refractivity contribution < 1.29 is 114 Å². The van der Waals surface area contributed by atoms with E-state index in [-0.39, 0.29) is 59.1 Å². The molecular weight excluding hydrogens is 954 g/mol. The third-order valence-corrected chi connectivity index (χ3v) is 8.57. The van der Waals surface area contributed by atoms with E-state index in [1.165, 1.54) is 29.2 Å². The van der Waals surface area contributed by atoms with Gasteiger partial charge in [-0.15, -0.1) is 0 Å². The van der Waals surface area contributed by atoms with Crippen molar-refractivity contribution in [2.45, 2.75) is 41.5 Å². The SMILES string of the molecule is CC(=O)OCOC(=O)CN(CC(=O)OCOC(C)=O)c1ccc(C)cc1OCCOc1cc2cc(-c3ncc(C(=O)OCOC(C)=O)o3)oc2cc1N(CC(=O)OCOC(C)=O)CC(=O)OCOC(C)=O. The summed E-state index contributed by atoms with van der Waals surface area (Å²) >= 11 is 0. The molecule has 27 nitrogen and oxygen atoms in total. The summed E-state index contributed by atoms with van der Waals surface area (Å²) in [5, 5.41) is 0.324. The molecule has 0 bridgehead atoms. The van der Waals surface area contributed by atoms with E-state index in [4.69, 9.17) is 51.5 Å². The number of oxazole rings is 1. The normalized spacial score (nSPS) is 10.5. The Morgan fingerprint density at radius 2 is 0.915 bits per heavy atom. The van der Waals surface area contributed by atoms with Crippen molar-refractivity contribution in [3.63, 3.8) is 0 Å². The molecule has 0 aliphatic carbocycles. The largest absolute Gasteiger partial charge is 0.488 e. The summed E-state index contributed by atoms with van der Waals surface area (Å²) in [4.78, 5) is 127. The number of hydrogen-bond donors (Lipinski definition) is 0. The number of rotatable bonds is 27. The first-order valence-corrected chi connectivity index (χ1v) is 20.6. The summed E-state index contributed by atoms with van der Waals surface area (Å²) in [5.74, 6) is -8.96. The average Bonchev–Trinajstić information content (AvgIpc) is 3.94. The molecule has 0 saturated heterocycles. The molecule has 4 rings (SSSR count). The molecule has 71 heavy (non-hydrogen) atoms. The van der Waals surface area contributed by atoms with Crippen molar-refractivity contribution in [2.24, 2.45) is 0 Å². The van der Waals surface area contributed by atoms with Crippen LogP contribution in [0.25, 0.3) is 22.6 Å². The van der Waals surface area contributed by atoms with Gasteiger partial charge in [0.1, 0.15) is 56.5 Å². The van der Waals surface area contributed by atoms with Crippen LogP contribution in [0, 0.1) is 6.92 Å². The van der Waals surface area contributed by atoms with Crippen LogP contribution in [-0.2, 0) is 90.5 Å². The Bertz CT molecular complexity index is 2510. The van der Waals surface area contributed by atoms with Crippen molar-refractivity contribution in [1.29, 1.82) is 0 Å². The van der Waals surface area contributed by atoms with E-state index >= 15 is 0 Å². The van der Waals surface area contributed by atoms with Gasteiger partial charge in [-0.3, -0.25) is 43.2 Å². The molecular formula is C44H47N3O24. The number of hydrogen-bond acceptors (Lipinski definition) is 27. The molecule has 2 heterocycles. The Labute approximate surface area is 401 Å². The number of nitrogens with zero attached hydrogens (tertiary/aromatic N) is 3. The van der Waals surface area contributed by atoms with E-state index in [2.05, 4.69) is 19.2 Å². The van der Waals surface area contributed by atoms with Gasteiger partial charge in [-0.25, -0.2) is 9.78 Å².